The first-order chi connectivity index (χ1) is 19.4. The highest BCUT2D eigenvalue weighted by Gasteiger charge is 2.53. The molecule has 1 heterocycles. The van der Waals surface area contributed by atoms with E-state index in [0.717, 1.165) is 39.3 Å². The number of benzene rings is 2. The molecule has 2 aromatic rings. The molecular weight excluding hydrogens is 544 g/mol. The van der Waals surface area contributed by atoms with Crippen LogP contribution in [0.5, 0.6) is 11.5 Å². The van der Waals surface area contributed by atoms with Crippen molar-refractivity contribution in [3.63, 3.8) is 0 Å². The smallest absolute Gasteiger partial charge is 0.338 e. The van der Waals surface area contributed by atoms with Crippen molar-refractivity contribution >= 4 is 29.8 Å². The van der Waals surface area contributed by atoms with Gasteiger partial charge in [-0.25, -0.2) is 4.79 Å². The van der Waals surface area contributed by atoms with E-state index in [1.165, 1.54) is 12.1 Å². The summed E-state index contributed by atoms with van der Waals surface area (Å²) < 4.78 is 37.9. The third-order valence-corrected chi connectivity index (χ3v) is 5.60. The van der Waals surface area contributed by atoms with Gasteiger partial charge in [0.05, 0.1) is 5.56 Å². The van der Waals surface area contributed by atoms with Crippen LogP contribution < -0.4 is 4.74 Å². The molecule has 1 fully saturated rings. The van der Waals surface area contributed by atoms with Gasteiger partial charge in [0.15, 0.2) is 23.7 Å². The summed E-state index contributed by atoms with van der Waals surface area (Å²) in [5.74, 6) is -4.48. The van der Waals surface area contributed by atoms with E-state index in [4.69, 9.17) is 33.2 Å². The summed E-state index contributed by atoms with van der Waals surface area (Å²) in [7, 11) is 0. The number of esters is 5. The Morgan fingerprint density at radius 2 is 1.37 bits per heavy atom. The van der Waals surface area contributed by atoms with E-state index in [1.807, 2.05) is 6.07 Å². The molecule has 1 aliphatic rings. The van der Waals surface area contributed by atoms with Gasteiger partial charge in [-0.2, -0.15) is 0 Å². The minimum absolute atomic E-state index is 0.0173. The summed E-state index contributed by atoms with van der Waals surface area (Å²) in [6.45, 7) is 3.98. The zero-order valence-corrected chi connectivity index (χ0v) is 22.8. The summed E-state index contributed by atoms with van der Waals surface area (Å²) in [5, 5.41) is 10.6. The van der Waals surface area contributed by atoms with E-state index in [2.05, 4.69) is 0 Å². The lowest BCUT2D eigenvalue weighted by Gasteiger charge is -2.43. The highest BCUT2D eigenvalue weighted by atomic mass is 16.7. The van der Waals surface area contributed by atoms with Gasteiger partial charge in [0.2, 0.25) is 12.4 Å². The van der Waals surface area contributed by atoms with Crippen molar-refractivity contribution in [2.75, 3.05) is 6.61 Å². The normalized spacial score (nSPS) is 21.6. The predicted molar refractivity (Wildman–Crippen MR) is 136 cm³/mol. The van der Waals surface area contributed by atoms with E-state index >= 15 is 0 Å². The van der Waals surface area contributed by atoms with Gasteiger partial charge in [-0.15, -0.1) is 0 Å². The molecule has 0 aromatic heterocycles. The van der Waals surface area contributed by atoms with Crippen LogP contribution in [-0.4, -0.2) is 72.3 Å². The average molecular weight is 575 g/mol. The fourth-order valence-electron chi connectivity index (χ4n) is 3.96. The first-order valence-electron chi connectivity index (χ1n) is 12.5. The van der Waals surface area contributed by atoms with Crippen molar-refractivity contribution < 1.29 is 62.2 Å². The number of aromatic hydroxyl groups is 1. The van der Waals surface area contributed by atoms with Crippen LogP contribution in [0.4, 0.5) is 0 Å². The van der Waals surface area contributed by atoms with Crippen LogP contribution in [0.15, 0.2) is 48.5 Å². The number of rotatable bonds is 10. The SMILES string of the molecule is CC(=O)OC[C@@H]1OC(Oc2ccc(C(=O)OCc3ccccc3)cc2O)[C@@H](OC(C)=O)[C@H](OC(C)=O)[C@@H]1OC(C)=O. The monoisotopic (exact) mass is 574 g/mol. The van der Waals surface area contributed by atoms with Gasteiger partial charge in [-0.1, -0.05) is 30.3 Å². The quantitative estimate of drug-likeness (QED) is 0.324. The molecule has 0 aliphatic carbocycles. The largest absolute Gasteiger partial charge is 0.504 e. The van der Waals surface area contributed by atoms with Gasteiger partial charge in [0.25, 0.3) is 0 Å². The van der Waals surface area contributed by atoms with Gasteiger partial charge in [0, 0.05) is 27.7 Å². The Morgan fingerprint density at radius 3 is 1.95 bits per heavy atom. The first kappa shape index (κ1) is 30.9. The Hall–Kier alpha value is -4.65. The second-order valence-corrected chi connectivity index (χ2v) is 8.93. The minimum atomic E-state index is -1.56. The molecule has 3 rings (SSSR count). The van der Waals surface area contributed by atoms with Crippen LogP contribution in [0.25, 0.3) is 0 Å². The third-order valence-electron chi connectivity index (χ3n) is 5.60. The maximum Gasteiger partial charge on any atom is 0.338 e. The van der Waals surface area contributed by atoms with Gasteiger partial charge in [-0.3, -0.25) is 19.2 Å². The summed E-state index contributed by atoms with van der Waals surface area (Å²) in [6.07, 6.45) is -7.11. The Kier molecular flexibility index (Phi) is 10.6. The van der Waals surface area contributed by atoms with Crippen LogP contribution in [0.3, 0.4) is 0 Å². The Labute approximate surface area is 235 Å². The van der Waals surface area contributed by atoms with Crippen molar-refractivity contribution in [1.82, 2.24) is 0 Å². The highest BCUT2D eigenvalue weighted by Crippen LogP contribution is 2.34. The molecule has 13 heteroatoms. The zero-order chi connectivity index (χ0) is 30.1. The summed E-state index contributed by atoms with van der Waals surface area (Å²) >= 11 is 0. The molecule has 1 saturated heterocycles. The van der Waals surface area contributed by atoms with Gasteiger partial charge >= 0.3 is 29.8 Å². The van der Waals surface area contributed by atoms with E-state index in [-0.39, 0.29) is 17.9 Å². The number of carbonyl (C=O) groups excluding carboxylic acids is 5. The van der Waals surface area contributed by atoms with Crippen molar-refractivity contribution in [2.45, 2.75) is 65.0 Å². The Balaban J connectivity index is 1.87. The second kappa shape index (κ2) is 14.1. The molecule has 220 valence electrons. The van der Waals surface area contributed by atoms with E-state index in [9.17, 15) is 29.1 Å². The maximum atomic E-state index is 12.5. The molecule has 0 saturated carbocycles. The third kappa shape index (κ3) is 8.93. The van der Waals surface area contributed by atoms with Gasteiger partial charge in [-0.05, 0) is 23.8 Å². The molecule has 0 bridgehead atoms. The number of ether oxygens (including phenoxy) is 7. The van der Waals surface area contributed by atoms with Gasteiger partial charge < -0.3 is 38.3 Å². The summed E-state index contributed by atoms with van der Waals surface area (Å²) in [6, 6.07) is 12.7. The molecular formula is C28H30O13. The number of phenols is 1. The Bertz CT molecular complexity index is 1260. The zero-order valence-electron chi connectivity index (χ0n) is 22.8. The lowest BCUT2D eigenvalue weighted by Crippen LogP contribution is -2.63. The second-order valence-electron chi connectivity index (χ2n) is 8.93. The average Bonchev–Trinajstić information content (AvgIpc) is 2.90. The van der Waals surface area contributed by atoms with Crippen molar-refractivity contribution in [3.05, 3.63) is 59.7 Å². The molecule has 0 radical (unpaired) electrons. The maximum absolute atomic E-state index is 12.5. The molecule has 1 N–H and O–H groups in total. The first-order valence-corrected chi connectivity index (χ1v) is 12.5. The molecule has 0 amide bonds. The van der Waals surface area contributed by atoms with E-state index in [1.54, 1.807) is 24.3 Å². The number of carbonyl (C=O) groups is 5. The number of hydrogen-bond donors (Lipinski definition) is 1. The molecule has 13 nitrogen and oxygen atoms in total. The highest BCUT2D eigenvalue weighted by molar-refractivity contribution is 5.90. The lowest BCUT2D eigenvalue weighted by atomic mass is 9.98. The minimum Gasteiger partial charge on any atom is -0.504 e. The molecule has 2 aromatic carbocycles. The fraction of sp³-hybridized carbons (Fsp3) is 0.393. The lowest BCUT2D eigenvalue weighted by molar-refractivity contribution is -0.288. The van der Waals surface area contributed by atoms with Crippen molar-refractivity contribution in [3.8, 4) is 11.5 Å². The Morgan fingerprint density at radius 1 is 0.756 bits per heavy atom. The molecule has 41 heavy (non-hydrogen) atoms. The molecule has 0 spiro atoms. The van der Waals surface area contributed by atoms with E-state index in [0.29, 0.717) is 0 Å². The molecule has 1 unspecified atom stereocenters. The standard InChI is InChI=1S/C28H30O13/c1-15(29)35-14-23-24(37-16(2)30)25(38-17(3)31)26(39-18(4)32)28(41-23)40-22-11-10-20(12-21(22)33)27(34)36-13-19-8-6-5-7-9-19/h5-12,23-26,28,33H,13-14H2,1-4H3/t23-,24+,25+,26-,28?/m0/s1. The van der Waals surface area contributed by atoms with Crippen LogP contribution in [0, 0.1) is 0 Å². The summed E-state index contributed by atoms with van der Waals surface area (Å²) in [5.41, 5.74) is 0.793. The van der Waals surface area contributed by atoms with E-state index < -0.39 is 72.9 Å². The summed E-state index contributed by atoms with van der Waals surface area (Å²) in [4.78, 5) is 59.7. The van der Waals surface area contributed by atoms with Crippen LogP contribution in [0.2, 0.25) is 0 Å². The van der Waals surface area contributed by atoms with Crippen LogP contribution in [-0.2, 0) is 54.2 Å². The molecule has 1 aliphatic heterocycles. The van der Waals surface area contributed by atoms with Crippen LogP contribution >= 0.6 is 0 Å². The van der Waals surface area contributed by atoms with Gasteiger partial charge in [0.1, 0.15) is 19.3 Å². The topological polar surface area (TPSA) is 170 Å². The number of hydrogen-bond acceptors (Lipinski definition) is 13. The number of phenolic OH excluding ortho intramolecular Hbond substituents is 1. The van der Waals surface area contributed by atoms with Crippen molar-refractivity contribution in [2.24, 2.45) is 0 Å². The molecule has 5 atom stereocenters. The fourth-order valence-corrected chi connectivity index (χ4v) is 3.96. The van der Waals surface area contributed by atoms with Crippen molar-refractivity contribution in [1.29, 1.82) is 0 Å². The predicted octanol–water partition coefficient (Wildman–Crippen LogP) is 2.21. The van der Waals surface area contributed by atoms with Crippen LogP contribution in [0.1, 0.15) is 43.6 Å².